The summed E-state index contributed by atoms with van der Waals surface area (Å²) in [6.07, 6.45) is 0. The summed E-state index contributed by atoms with van der Waals surface area (Å²) < 4.78 is 0. The number of rotatable bonds is 19. The lowest BCUT2D eigenvalue weighted by Gasteiger charge is -2.33. The van der Waals surface area contributed by atoms with E-state index in [2.05, 4.69) is 501 Å². The minimum atomic E-state index is 1.10. The topological polar surface area (TPSA) is 13.0 Å². The van der Waals surface area contributed by atoms with Crippen molar-refractivity contribution in [3.8, 4) is 77.9 Å². The Morgan fingerprint density at radius 2 is 0.308 bits per heavy atom. The van der Waals surface area contributed by atoms with E-state index in [0.717, 1.165) is 129 Å². The zero-order valence-electron chi connectivity index (χ0n) is 75.0. The third-order valence-corrected chi connectivity index (χ3v) is 27.2. The summed E-state index contributed by atoms with van der Waals surface area (Å²) in [5.41, 5.74) is 41.5. The molecule has 0 aromatic heterocycles. The van der Waals surface area contributed by atoms with Crippen LogP contribution in [-0.2, 0) is 0 Å². The fourth-order valence-corrected chi connectivity index (χ4v) is 20.3. The highest BCUT2D eigenvalue weighted by Crippen LogP contribution is 2.56. The van der Waals surface area contributed by atoms with Crippen molar-refractivity contribution in [1.82, 2.24) is 0 Å². The first-order valence-electron chi connectivity index (χ1n) is 45.4. The molecule has 0 bridgehead atoms. The molecule has 130 heavy (non-hydrogen) atoms. The van der Waals surface area contributed by atoms with E-state index in [0.29, 0.717) is 0 Å². The second kappa shape index (κ2) is 32.8. The molecule has 22 rings (SSSR count). The molecule has 0 N–H and O–H groups in total. The van der Waals surface area contributed by atoms with E-state index < -0.39 is 0 Å². The molecule has 4 nitrogen and oxygen atoms in total. The summed E-state index contributed by atoms with van der Waals surface area (Å²) in [5.74, 6) is 0. The lowest BCUT2D eigenvalue weighted by Crippen LogP contribution is -2.15. The Kier molecular flexibility index (Phi) is 20.2. The van der Waals surface area contributed by atoms with Crippen molar-refractivity contribution in [2.24, 2.45) is 0 Å². The molecule has 0 aliphatic carbocycles. The van der Waals surface area contributed by atoms with E-state index in [1.165, 1.54) is 137 Å². The first kappa shape index (κ1) is 80.0. The van der Waals surface area contributed by atoms with E-state index >= 15 is 0 Å². The normalized spacial score (nSPS) is 11.6. The zero-order valence-corrected chi connectivity index (χ0v) is 75.0. The van der Waals surface area contributed by atoms with Crippen LogP contribution in [0.5, 0.6) is 0 Å². The molecule has 22 aromatic rings. The fraction of sp³-hybridized carbons (Fsp3) is 0.0794. The maximum absolute atomic E-state index is 2.59. The van der Waals surface area contributed by atoms with Gasteiger partial charge in [-0.3, -0.25) is 0 Å². The van der Waals surface area contributed by atoms with Gasteiger partial charge in [0.15, 0.2) is 0 Å². The van der Waals surface area contributed by atoms with Crippen LogP contribution in [0.15, 0.2) is 413 Å². The van der Waals surface area contributed by atoms with Crippen LogP contribution in [0.1, 0.15) is 55.6 Å². The lowest BCUT2D eigenvalue weighted by atomic mass is 9.90. The molecule has 0 radical (unpaired) electrons. The van der Waals surface area contributed by atoms with Crippen LogP contribution in [0.4, 0.5) is 68.2 Å². The monoisotopic (exact) mass is 1670 g/mol. The van der Waals surface area contributed by atoms with Gasteiger partial charge < -0.3 is 19.6 Å². The van der Waals surface area contributed by atoms with E-state index in [-0.39, 0.29) is 0 Å². The van der Waals surface area contributed by atoms with Crippen LogP contribution < -0.4 is 19.6 Å². The molecule has 0 saturated heterocycles. The number of aryl methyl sites for hydroxylation is 10. The van der Waals surface area contributed by atoms with E-state index in [4.69, 9.17) is 0 Å². The SMILES string of the molecule is Cc1ccc(C)c(N(c2cc(-c3ccccc3)ccc2C)c2cc3cccc4cc(N(c5cc(C)ccc5C)c5cc(-c6cccc(-c7cccc(-c8ccc(C)c(N(c9cc(-c%10ccccc%10)ccc9C)c9cc%10cccc%11cc(N(c%12cc(-c%13ccccc%13)ccc%12C)c%12cc(-c%13ccccc%13)ccc%12C)c%12cccc9c%12c%11%10)c8)c7)c6)ccc5C)c5cccc2c5c34)c1. The molecule has 0 atom stereocenters. The van der Waals surface area contributed by atoms with Gasteiger partial charge in [0.05, 0.1) is 22.7 Å². The van der Waals surface area contributed by atoms with Crippen molar-refractivity contribution in [1.29, 1.82) is 0 Å². The van der Waals surface area contributed by atoms with Crippen LogP contribution in [0, 0.1) is 69.2 Å². The van der Waals surface area contributed by atoms with Gasteiger partial charge in [0.2, 0.25) is 0 Å². The highest BCUT2D eigenvalue weighted by Gasteiger charge is 2.31. The Bertz CT molecular complexity index is 8080. The number of hydrogen-bond donors (Lipinski definition) is 0. The first-order valence-corrected chi connectivity index (χ1v) is 45.4. The Morgan fingerprint density at radius 1 is 0.123 bits per heavy atom. The predicted molar refractivity (Wildman–Crippen MR) is 558 cm³/mol. The number of benzene rings is 22. The molecule has 0 aliphatic rings. The Labute approximate surface area is 762 Å². The van der Waals surface area contributed by atoms with Crippen LogP contribution in [0.3, 0.4) is 0 Å². The summed E-state index contributed by atoms with van der Waals surface area (Å²) in [5, 5.41) is 14.4. The standard InChI is InChI=1S/C126H98N4/c1-79-49-51-81(3)111(65-79)127(113-69-97(59-53-83(113)5)89-29-15-11-16-30-89)119-75-103-41-25-42-104-76-120(108-46-27-45-107(119)125(108)123(103)104)128(112-66-80(2)50-52-82(112)4)117-73-101(63-57-87(117)9)95-39-23-37-93(67-95)94-38-24-40-96(68-94)102-64-58-88(10)118(74-102)130(116-72-100(62-56-86(116)8)92-35-21-14-22-36-92)122-78-106-44-26-43-105-77-121(109-47-28-48-110(122)126(109)124(105)106)129(114-70-98(60-54-84(114)6)90-31-17-12-18-32-90)115-71-99(61-55-85(115)7)91-33-19-13-20-34-91/h11-78H,1-10H3. The Hall–Kier alpha value is -15.9. The summed E-state index contributed by atoms with van der Waals surface area (Å²) in [6.45, 7) is 22.6. The zero-order chi connectivity index (χ0) is 88.1. The number of nitrogens with zero attached hydrogens (tertiary/aromatic N) is 4. The van der Waals surface area contributed by atoms with E-state index in [9.17, 15) is 0 Å². The van der Waals surface area contributed by atoms with Gasteiger partial charge in [-0.05, 0) is 320 Å². The Morgan fingerprint density at radius 3 is 0.546 bits per heavy atom. The largest absolute Gasteiger partial charge is 0.309 e. The molecule has 0 unspecified atom stereocenters. The maximum Gasteiger partial charge on any atom is 0.0546 e. The molecular weight excluding hydrogens is 1570 g/mol. The Balaban J connectivity index is 0.674. The van der Waals surface area contributed by atoms with Crippen LogP contribution in [-0.4, -0.2) is 0 Å². The second-order valence-corrected chi connectivity index (χ2v) is 35.8. The van der Waals surface area contributed by atoms with Gasteiger partial charge in [0.25, 0.3) is 0 Å². The number of anilines is 12. The first-order chi connectivity index (χ1) is 63.6. The van der Waals surface area contributed by atoms with Crippen molar-refractivity contribution in [3.05, 3.63) is 468 Å². The molecule has 0 heterocycles. The highest BCUT2D eigenvalue weighted by atomic mass is 15.2. The van der Waals surface area contributed by atoms with Crippen LogP contribution >= 0.6 is 0 Å². The minimum Gasteiger partial charge on any atom is -0.309 e. The van der Waals surface area contributed by atoms with Crippen molar-refractivity contribution in [3.63, 3.8) is 0 Å². The van der Waals surface area contributed by atoms with Gasteiger partial charge in [-0.1, -0.05) is 328 Å². The van der Waals surface area contributed by atoms with Crippen LogP contribution in [0.2, 0.25) is 0 Å². The van der Waals surface area contributed by atoms with E-state index in [1.54, 1.807) is 0 Å². The molecule has 0 saturated carbocycles. The molecule has 622 valence electrons. The molecule has 0 fully saturated rings. The van der Waals surface area contributed by atoms with Crippen molar-refractivity contribution in [2.45, 2.75) is 69.2 Å². The summed E-state index contributed by atoms with van der Waals surface area (Å²) in [7, 11) is 0. The summed E-state index contributed by atoms with van der Waals surface area (Å²) in [6, 6.07) is 155. The van der Waals surface area contributed by atoms with Crippen molar-refractivity contribution < 1.29 is 0 Å². The van der Waals surface area contributed by atoms with Gasteiger partial charge in [-0.2, -0.15) is 0 Å². The molecule has 0 aliphatic heterocycles. The van der Waals surface area contributed by atoms with Crippen molar-refractivity contribution >= 4 is 133 Å². The second-order valence-electron chi connectivity index (χ2n) is 35.8. The van der Waals surface area contributed by atoms with Gasteiger partial charge in [-0.15, -0.1) is 0 Å². The van der Waals surface area contributed by atoms with Gasteiger partial charge in [0.1, 0.15) is 0 Å². The van der Waals surface area contributed by atoms with Gasteiger partial charge >= 0.3 is 0 Å². The van der Waals surface area contributed by atoms with Crippen LogP contribution in [0.25, 0.3) is 143 Å². The van der Waals surface area contributed by atoms with Gasteiger partial charge in [0, 0.05) is 77.8 Å². The smallest absolute Gasteiger partial charge is 0.0546 e. The predicted octanol–water partition coefficient (Wildman–Crippen LogP) is 36.1. The molecule has 22 aromatic carbocycles. The fourth-order valence-electron chi connectivity index (χ4n) is 20.3. The van der Waals surface area contributed by atoms with E-state index in [1.807, 2.05) is 0 Å². The molecule has 0 amide bonds. The molecule has 0 spiro atoms. The summed E-state index contributed by atoms with van der Waals surface area (Å²) in [4.78, 5) is 10.3. The quantitative estimate of drug-likeness (QED) is 0.0748. The molecular formula is C126H98N4. The summed E-state index contributed by atoms with van der Waals surface area (Å²) >= 11 is 0. The number of hydrogen-bond acceptors (Lipinski definition) is 4. The van der Waals surface area contributed by atoms with Crippen molar-refractivity contribution in [2.75, 3.05) is 19.6 Å². The lowest BCUT2D eigenvalue weighted by molar-refractivity contribution is 1.22. The third kappa shape index (κ3) is 14.2. The van der Waals surface area contributed by atoms with Gasteiger partial charge in [-0.25, -0.2) is 0 Å². The third-order valence-electron chi connectivity index (χ3n) is 27.2. The maximum atomic E-state index is 2.59. The minimum absolute atomic E-state index is 1.10. The average molecular weight is 1670 g/mol. The molecule has 4 heteroatoms. The average Bonchev–Trinajstić information content (AvgIpc) is 0.712. The highest BCUT2D eigenvalue weighted by molar-refractivity contribution is 6.32.